The Morgan fingerprint density at radius 1 is 1.24 bits per heavy atom. The maximum absolute atomic E-state index is 4.73. The first-order chi connectivity index (χ1) is 8.02. The summed E-state index contributed by atoms with van der Waals surface area (Å²) >= 11 is 0. The Hall–Kier alpha value is -0.630. The fraction of sp³-hybridized carbons (Fsp3) is 0.800. The van der Waals surface area contributed by atoms with Crippen LogP contribution in [-0.2, 0) is 0 Å². The van der Waals surface area contributed by atoms with Crippen LogP contribution in [0.1, 0.15) is 60.3 Å². The standard InChI is InChI=1S/C15H30N2/c1-7-9-11-16-14(5)15(6)17-13(4)12(3)10-8-2/h14-16H,3,7-11H2,1-2,4-6H3. The maximum atomic E-state index is 4.73. The summed E-state index contributed by atoms with van der Waals surface area (Å²) in [5.74, 6) is 0. The molecule has 0 bridgehead atoms. The van der Waals surface area contributed by atoms with Gasteiger partial charge in [-0.3, -0.25) is 4.99 Å². The lowest BCUT2D eigenvalue weighted by atomic mass is 10.1. The van der Waals surface area contributed by atoms with Crippen LogP contribution in [0.15, 0.2) is 17.1 Å². The first-order valence-corrected chi connectivity index (χ1v) is 6.98. The van der Waals surface area contributed by atoms with Crippen LogP contribution in [0, 0.1) is 0 Å². The van der Waals surface area contributed by atoms with Gasteiger partial charge in [0.15, 0.2) is 0 Å². The molecule has 0 aromatic heterocycles. The molecule has 0 aliphatic rings. The predicted molar refractivity (Wildman–Crippen MR) is 79.0 cm³/mol. The number of unbranched alkanes of at least 4 members (excludes halogenated alkanes) is 1. The van der Waals surface area contributed by atoms with Gasteiger partial charge in [-0.1, -0.05) is 33.3 Å². The van der Waals surface area contributed by atoms with E-state index >= 15 is 0 Å². The van der Waals surface area contributed by atoms with Gasteiger partial charge in [-0.2, -0.15) is 0 Å². The van der Waals surface area contributed by atoms with Crippen LogP contribution < -0.4 is 5.32 Å². The molecular weight excluding hydrogens is 208 g/mol. The summed E-state index contributed by atoms with van der Waals surface area (Å²) in [6, 6.07) is 0.756. The van der Waals surface area contributed by atoms with Gasteiger partial charge in [-0.15, -0.1) is 0 Å². The summed E-state index contributed by atoms with van der Waals surface area (Å²) in [7, 11) is 0. The normalized spacial score (nSPS) is 15.7. The molecule has 0 aliphatic heterocycles. The molecule has 0 aromatic rings. The van der Waals surface area contributed by atoms with Crippen molar-refractivity contribution >= 4 is 5.71 Å². The van der Waals surface area contributed by atoms with Crippen molar-refractivity contribution in [3.63, 3.8) is 0 Å². The van der Waals surface area contributed by atoms with Crippen LogP contribution in [0.25, 0.3) is 0 Å². The highest BCUT2D eigenvalue weighted by molar-refractivity contribution is 5.97. The lowest BCUT2D eigenvalue weighted by molar-refractivity contribution is 0.473. The summed E-state index contributed by atoms with van der Waals surface area (Å²) in [4.78, 5) is 4.73. The van der Waals surface area contributed by atoms with E-state index in [2.05, 4.69) is 46.5 Å². The van der Waals surface area contributed by atoms with Crippen LogP contribution >= 0.6 is 0 Å². The Kier molecular flexibility index (Phi) is 9.06. The fourth-order valence-electron chi connectivity index (χ4n) is 1.67. The Morgan fingerprint density at radius 2 is 1.88 bits per heavy atom. The third-order valence-electron chi connectivity index (χ3n) is 3.18. The monoisotopic (exact) mass is 238 g/mol. The molecule has 0 radical (unpaired) electrons. The number of hydrogen-bond acceptors (Lipinski definition) is 2. The third kappa shape index (κ3) is 7.32. The first-order valence-electron chi connectivity index (χ1n) is 6.98. The van der Waals surface area contributed by atoms with Gasteiger partial charge in [-0.05, 0) is 45.7 Å². The van der Waals surface area contributed by atoms with E-state index in [0.717, 1.165) is 25.1 Å². The molecule has 0 aromatic carbocycles. The van der Waals surface area contributed by atoms with Gasteiger partial charge in [-0.25, -0.2) is 0 Å². The summed E-state index contributed by atoms with van der Waals surface area (Å²) < 4.78 is 0. The zero-order valence-electron chi connectivity index (χ0n) is 12.3. The average Bonchev–Trinajstić information content (AvgIpc) is 2.29. The number of aliphatic imine (C=N–C) groups is 1. The molecule has 0 spiro atoms. The molecule has 0 fully saturated rings. The van der Waals surface area contributed by atoms with Crippen molar-refractivity contribution < 1.29 is 0 Å². The van der Waals surface area contributed by atoms with Gasteiger partial charge in [0.2, 0.25) is 0 Å². The van der Waals surface area contributed by atoms with Crippen molar-refractivity contribution in [2.75, 3.05) is 6.54 Å². The molecule has 0 amide bonds. The van der Waals surface area contributed by atoms with Crippen molar-refractivity contribution in [2.45, 2.75) is 72.4 Å². The molecule has 0 rings (SSSR count). The van der Waals surface area contributed by atoms with Crippen molar-refractivity contribution in [1.29, 1.82) is 0 Å². The molecule has 1 N–H and O–H groups in total. The Balaban J connectivity index is 4.15. The molecule has 2 atom stereocenters. The van der Waals surface area contributed by atoms with Crippen molar-refractivity contribution in [2.24, 2.45) is 4.99 Å². The smallest absolute Gasteiger partial charge is 0.0624 e. The first kappa shape index (κ1) is 16.4. The summed E-state index contributed by atoms with van der Waals surface area (Å²) in [5, 5.41) is 3.52. The quantitative estimate of drug-likeness (QED) is 0.477. The lowest BCUT2D eigenvalue weighted by Crippen LogP contribution is -2.35. The lowest BCUT2D eigenvalue weighted by Gasteiger charge is -2.19. The van der Waals surface area contributed by atoms with Gasteiger partial charge < -0.3 is 5.32 Å². The third-order valence-corrected chi connectivity index (χ3v) is 3.18. The number of nitrogens with zero attached hydrogens (tertiary/aromatic N) is 1. The highest BCUT2D eigenvalue weighted by atomic mass is 15.0. The summed E-state index contributed by atoms with van der Waals surface area (Å²) in [5.41, 5.74) is 2.29. The van der Waals surface area contributed by atoms with Gasteiger partial charge in [0, 0.05) is 11.8 Å². The molecule has 2 nitrogen and oxygen atoms in total. The van der Waals surface area contributed by atoms with Gasteiger partial charge in [0.1, 0.15) is 0 Å². The second-order valence-electron chi connectivity index (χ2n) is 4.91. The Labute approximate surface area is 108 Å². The number of hydrogen-bond donors (Lipinski definition) is 1. The largest absolute Gasteiger partial charge is 0.312 e. The van der Waals surface area contributed by atoms with Crippen LogP contribution in [-0.4, -0.2) is 24.3 Å². The molecule has 0 saturated heterocycles. The number of allylic oxidation sites excluding steroid dienone is 1. The molecule has 2 unspecified atom stereocenters. The summed E-state index contributed by atoms with van der Waals surface area (Å²) in [6.07, 6.45) is 4.68. The SMILES string of the molecule is C=C(CCC)C(C)=NC(C)C(C)NCCCC. The van der Waals surface area contributed by atoms with Gasteiger partial charge in [0.25, 0.3) is 0 Å². The number of rotatable bonds is 9. The topological polar surface area (TPSA) is 24.4 Å². The summed E-state index contributed by atoms with van der Waals surface area (Å²) in [6.45, 7) is 16.0. The Bertz CT molecular complexity index is 243. The van der Waals surface area contributed by atoms with Crippen molar-refractivity contribution in [1.82, 2.24) is 5.32 Å². The minimum Gasteiger partial charge on any atom is -0.312 e. The van der Waals surface area contributed by atoms with E-state index in [1.165, 1.54) is 18.4 Å². The molecule has 2 heteroatoms. The molecule has 17 heavy (non-hydrogen) atoms. The average molecular weight is 238 g/mol. The van der Waals surface area contributed by atoms with Crippen LogP contribution in [0.3, 0.4) is 0 Å². The highest BCUT2D eigenvalue weighted by Crippen LogP contribution is 2.07. The second kappa shape index (κ2) is 9.41. The molecule has 0 saturated carbocycles. The molecule has 0 aliphatic carbocycles. The fourth-order valence-corrected chi connectivity index (χ4v) is 1.67. The van der Waals surface area contributed by atoms with E-state index in [1.807, 2.05) is 0 Å². The predicted octanol–water partition coefficient (Wildman–Crippen LogP) is 3.97. The zero-order chi connectivity index (χ0) is 13.3. The molecule has 0 heterocycles. The van der Waals surface area contributed by atoms with Crippen LogP contribution in [0.5, 0.6) is 0 Å². The zero-order valence-corrected chi connectivity index (χ0v) is 12.3. The highest BCUT2D eigenvalue weighted by Gasteiger charge is 2.10. The van der Waals surface area contributed by atoms with Crippen molar-refractivity contribution in [3.8, 4) is 0 Å². The van der Waals surface area contributed by atoms with E-state index < -0.39 is 0 Å². The van der Waals surface area contributed by atoms with Crippen LogP contribution in [0.2, 0.25) is 0 Å². The Morgan fingerprint density at radius 3 is 2.41 bits per heavy atom. The van der Waals surface area contributed by atoms with Crippen molar-refractivity contribution in [3.05, 3.63) is 12.2 Å². The minimum absolute atomic E-state index is 0.320. The van der Waals surface area contributed by atoms with E-state index in [-0.39, 0.29) is 0 Å². The van der Waals surface area contributed by atoms with Crippen LogP contribution in [0.4, 0.5) is 0 Å². The van der Waals surface area contributed by atoms with E-state index in [4.69, 9.17) is 4.99 Å². The second-order valence-corrected chi connectivity index (χ2v) is 4.91. The molecular formula is C15H30N2. The number of nitrogens with one attached hydrogen (secondary N) is 1. The van der Waals surface area contributed by atoms with Gasteiger partial charge in [0.05, 0.1) is 6.04 Å². The van der Waals surface area contributed by atoms with E-state index in [0.29, 0.717) is 12.1 Å². The molecule has 100 valence electrons. The maximum Gasteiger partial charge on any atom is 0.0624 e. The van der Waals surface area contributed by atoms with E-state index in [9.17, 15) is 0 Å². The minimum atomic E-state index is 0.320. The van der Waals surface area contributed by atoms with Gasteiger partial charge >= 0.3 is 0 Å². The van der Waals surface area contributed by atoms with E-state index in [1.54, 1.807) is 0 Å².